The number of aromatic nitrogens is 2. The number of hydrogen-bond donors (Lipinski definition) is 0. The van der Waals surface area contributed by atoms with Gasteiger partial charge in [-0.05, 0) is 17.7 Å². The number of halogens is 2. The first kappa shape index (κ1) is 18.0. The average molecular weight is 348 g/mol. The average Bonchev–Trinajstić information content (AvgIpc) is 3.02. The van der Waals surface area contributed by atoms with Gasteiger partial charge in [-0.15, -0.1) is 0 Å². The fourth-order valence-electron chi connectivity index (χ4n) is 3.39. The van der Waals surface area contributed by atoms with Crippen molar-refractivity contribution in [3.05, 3.63) is 53.6 Å². The summed E-state index contributed by atoms with van der Waals surface area (Å²) in [7, 11) is 0. The van der Waals surface area contributed by atoms with Crippen LogP contribution in [0.4, 0.5) is 8.78 Å². The number of nitrogens with zero attached hydrogens (tertiary/aromatic N) is 4. The monoisotopic (exact) mass is 348 g/mol. The summed E-state index contributed by atoms with van der Waals surface area (Å²) in [5, 5.41) is 0. The normalized spacial score (nSPS) is 16.7. The van der Waals surface area contributed by atoms with Crippen molar-refractivity contribution in [2.24, 2.45) is 0 Å². The molecule has 0 N–H and O–H groups in total. The number of benzene rings is 1. The zero-order valence-corrected chi connectivity index (χ0v) is 15.0. The molecule has 4 nitrogen and oxygen atoms in total. The van der Waals surface area contributed by atoms with Crippen LogP contribution in [0.15, 0.2) is 30.6 Å². The van der Waals surface area contributed by atoms with Gasteiger partial charge in [0.2, 0.25) is 0 Å². The molecule has 0 saturated carbocycles. The van der Waals surface area contributed by atoms with Crippen molar-refractivity contribution >= 4 is 0 Å². The molecule has 2 heterocycles. The Balaban J connectivity index is 1.46. The zero-order chi connectivity index (χ0) is 17.8. The van der Waals surface area contributed by atoms with Crippen LogP contribution in [0, 0.1) is 11.6 Å². The lowest BCUT2D eigenvalue weighted by Gasteiger charge is -2.34. The van der Waals surface area contributed by atoms with Gasteiger partial charge in [-0.25, -0.2) is 13.8 Å². The lowest BCUT2D eigenvalue weighted by Crippen LogP contribution is -2.46. The first-order chi connectivity index (χ1) is 12.0. The molecule has 1 aromatic carbocycles. The van der Waals surface area contributed by atoms with E-state index < -0.39 is 11.6 Å². The van der Waals surface area contributed by atoms with Crippen LogP contribution in [0.3, 0.4) is 0 Å². The minimum Gasteiger partial charge on any atom is -0.333 e. The summed E-state index contributed by atoms with van der Waals surface area (Å²) in [6, 6.07) is 3.76. The highest BCUT2D eigenvalue weighted by atomic mass is 19.1. The van der Waals surface area contributed by atoms with E-state index >= 15 is 0 Å². The number of rotatable bonds is 6. The fourth-order valence-corrected chi connectivity index (χ4v) is 3.39. The molecule has 3 rings (SSSR count). The highest BCUT2D eigenvalue weighted by Crippen LogP contribution is 2.14. The van der Waals surface area contributed by atoms with E-state index in [1.54, 1.807) is 0 Å². The third-order valence-corrected chi connectivity index (χ3v) is 4.71. The third kappa shape index (κ3) is 4.86. The minimum atomic E-state index is -0.505. The Morgan fingerprint density at radius 3 is 2.24 bits per heavy atom. The second kappa shape index (κ2) is 8.06. The molecule has 1 aliphatic rings. The molecular weight excluding hydrogens is 322 g/mol. The van der Waals surface area contributed by atoms with Crippen molar-refractivity contribution in [1.29, 1.82) is 0 Å². The molecular formula is C19H26F2N4. The van der Waals surface area contributed by atoms with Gasteiger partial charge in [0, 0.05) is 70.2 Å². The third-order valence-electron chi connectivity index (χ3n) is 4.71. The predicted octanol–water partition coefficient (Wildman–Crippen LogP) is 3.10. The van der Waals surface area contributed by atoms with Gasteiger partial charge in [0.15, 0.2) is 0 Å². The topological polar surface area (TPSA) is 24.3 Å². The lowest BCUT2D eigenvalue weighted by molar-refractivity contribution is 0.123. The van der Waals surface area contributed by atoms with Crippen LogP contribution in [-0.2, 0) is 13.1 Å². The maximum Gasteiger partial charge on any atom is 0.126 e. The SMILES string of the molecule is CC(C)c1nccn1CCN1CCN(Cc2cc(F)cc(F)c2)CC1. The van der Waals surface area contributed by atoms with Crippen LogP contribution in [0.5, 0.6) is 0 Å². The van der Waals surface area contributed by atoms with Crippen molar-refractivity contribution in [3.63, 3.8) is 0 Å². The molecule has 25 heavy (non-hydrogen) atoms. The molecule has 0 spiro atoms. The fraction of sp³-hybridized carbons (Fsp3) is 0.526. The van der Waals surface area contributed by atoms with Gasteiger partial charge < -0.3 is 4.57 Å². The van der Waals surface area contributed by atoms with Crippen LogP contribution < -0.4 is 0 Å². The number of hydrogen-bond acceptors (Lipinski definition) is 3. The molecule has 1 fully saturated rings. The Bertz CT molecular complexity index is 670. The van der Waals surface area contributed by atoms with Gasteiger partial charge in [-0.1, -0.05) is 13.8 Å². The van der Waals surface area contributed by atoms with E-state index in [2.05, 4.69) is 33.2 Å². The van der Waals surface area contributed by atoms with Crippen molar-refractivity contribution in [1.82, 2.24) is 19.4 Å². The molecule has 0 radical (unpaired) electrons. The van der Waals surface area contributed by atoms with E-state index in [0.717, 1.165) is 51.2 Å². The van der Waals surface area contributed by atoms with E-state index in [0.29, 0.717) is 18.0 Å². The molecule has 0 aliphatic carbocycles. The number of piperazine rings is 1. The summed E-state index contributed by atoms with van der Waals surface area (Å²) < 4.78 is 28.8. The van der Waals surface area contributed by atoms with E-state index in [4.69, 9.17) is 0 Å². The van der Waals surface area contributed by atoms with Crippen molar-refractivity contribution < 1.29 is 8.78 Å². The lowest BCUT2D eigenvalue weighted by atomic mass is 10.2. The Hall–Kier alpha value is -1.79. The Labute approximate surface area is 148 Å². The van der Waals surface area contributed by atoms with E-state index in [-0.39, 0.29) is 0 Å². The molecule has 0 amide bonds. The van der Waals surface area contributed by atoms with E-state index in [1.165, 1.54) is 12.1 Å². The molecule has 0 atom stereocenters. The van der Waals surface area contributed by atoms with Gasteiger partial charge in [-0.3, -0.25) is 9.80 Å². The first-order valence-corrected chi connectivity index (χ1v) is 8.92. The summed E-state index contributed by atoms with van der Waals surface area (Å²) >= 11 is 0. The van der Waals surface area contributed by atoms with Gasteiger partial charge in [0.1, 0.15) is 17.5 Å². The Kier molecular flexibility index (Phi) is 5.81. The second-order valence-corrected chi connectivity index (χ2v) is 7.03. The summed E-state index contributed by atoms with van der Waals surface area (Å²) in [4.78, 5) is 9.12. The van der Waals surface area contributed by atoms with E-state index in [1.807, 2.05) is 12.4 Å². The van der Waals surface area contributed by atoms with Gasteiger partial charge in [-0.2, -0.15) is 0 Å². The molecule has 136 valence electrons. The molecule has 6 heteroatoms. The summed E-state index contributed by atoms with van der Waals surface area (Å²) in [5.41, 5.74) is 0.700. The standard InChI is InChI=1S/C19H26F2N4/c1-15(2)19-22-3-4-25(19)10-9-23-5-7-24(8-6-23)14-16-11-17(20)13-18(21)12-16/h3-4,11-13,15H,5-10,14H2,1-2H3. The maximum absolute atomic E-state index is 13.3. The van der Waals surface area contributed by atoms with Crippen LogP contribution in [0.2, 0.25) is 0 Å². The summed E-state index contributed by atoms with van der Waals surface area (Å²) in [5.74, 6) is 0.551. The predicted molar refractivity (Wildman–Crippen MR) is 94.4 cm³/mol. The van der Waals surface area contributed by atoms with Crippen molar-refractivity contribution in [2.75, 3.05) is 32.7 Å². The minimum absolute atomic E-state index is 0.429. The second-order valence-electron chi connectivity index (χ2n) is 7.03. The molecule has 1 aliphatic heterocycles. The van der Waals surface area contributed by atoms with Crippen LogP contribution >= 0.6 is 0 Å². The quantitative estimate of drug-likeness (QED) is 0.802. The largest absolute Gasteiger partial charge is 0.333 e. The van der Waals surface area contributed by atoms with Gasteiger partial charge >= 0.3 is 0 Å². The highest BCUT2D eigenvalue weighted by molar-refractivity contribution is 5.17. The zero-order valence-electron chi connectivity index (χ0n) is 15.0. The first-order valence-electron chi connectivity index (χ1n) is 8.92. The smallest absolute Gasteiger partial charge is 0.126 e. The molecule has 2 aromatic rings. The Morgan fingerprint density at radius 1 is 0.960 bits per heavy atom. The van der Waals surface area contributed by atoms with Crippen molar-refractivity contribution in [3.8, 4) is 0 Å². The van der Waals surface area contributed by atoms with Crippen LogP contribution in [-0.4, -0.2) is 52.1 Å². The van der Waals surface area contributed by atoms with Gasteiger partial charge in [0.25, 0.3) is 0 Å². The highest BCUT2D eigenvalue weighted by Gasteiger charge is 2.18. The van der Waals surface area contributed by atoms with Gasteiger partial charge in [0.05, 0.1) is 0 Å². The van der Waals surface area contributed by atoms with Crippen LogP contribution in [0.1, 0.15) is 31.2 Å². The maximum atomic E-state index is 13.3. The molecule has 1 saturated heterocycles. The number of imidazole rings is 1. The van der Waals surface area contributed by atoms with Crippen LogP contribution in [0.25, 0.3) is 0 Å². The summed E-state index contributed by atoms with van der Waals surface area (Å²) in [6.07, 6.45) is 3.91. The summed E-state index contributed by atoms with van der Waals surface area (Å²) in [6.45, 7) is 10.6. The molecule has 0 bridgehead atoms. The Morgan fingerprint density at radius 2 is 1.60 bits per heavy atom. The van der Waals surface area contributed by atoms with Crippen molar-refractivity contribution in [2.45, 2.75) is 32.9 Å². The molecule has 1 aromatic heterocycles. The molecule has 0 unspecified atom stereocenters. The van der Waals surface area contributed by atoms with E-state index in [9.17, 15) is 8.78 Å².